The van der Waals surface area contributed by atoms with Crippen molar-refractivity contribution in [3.63, 3.8) is 0 Å². The molecule has 9 heteroatoms. The lowest BCUT2D eigenvalue weighted by atomic mass is 10.1. The fraction of sp³-hybridized carbons (Fsp3) is 0.120. The van der Waals surface area contributed by atoms with Gasteiger partial charge in [-0.1, -0.05) is 18.2 Å². The van der Waals surface area contributed by atoms with Gasteiger partial charge < -0.3 is 24.3 Å². The van der Waals surface area contributed by atoms with Crippen LogP contribution in [0.2, 0.25) is 0 Å². The maximum atomic E-state index is 12.6. The molecule has 1 heterocycles. The normalized spacial score (nSPS) is 13.5. The van der Waals surface area contributed by atoms with Crippen molar-refractivity contribution in [3.05, 3.63) is 77.4 Å². The lowest BCUT2D eigenvalue weighted by molar-refractivity contribution is -0.110. The first-order chi connectivity index (χ1) is 16.5. The number of para-hydroxylation sites is 1. The molecule has 34 heavy (non-hydrogen) atoms. The minimum Gasteiger partial charge on any atom is -0.493 e. The molecule has 0 saturated heterocycles. The molecule has 172 valence electrons. The zero-order chi connectivity index (χ0) is 24.1. The topological polar surface area (TPSA) is 108 Å². The number of carbonyl (C=O) groups is 2. The van der Waals surface area contributed by atoms with Crippen LogP contribution in [0.5, 0.6) is 23.0 Å². The Labute approximate surface area is 195 Å². The lowest BCUT2D eigenvalue weighted by Crippen LogP contribution is -2.13. The van der Waals surface area contributed by atoms with Crippen LogP contribution in [0.4, 0.5) is 5.69 Å². The van der Waals surface area contributed by atoms with Crippen LogP contribution < -0.4 is 24.3 Å². The Hall–Kier alpha value is -4.66. The molecule has 0 aliphatic carbocycles. The van der Waals surface area contributed by atoms with Crippen LogP contribution in [0.3, 0.4) is 0 Å². The maximum absolute atomic E-state index is 12.6. The van der Waals surface area contributed by atoms with Gasteiger partial charge in [-0.05, 0) is 48.0 Å². The van der Waals surface area contributed by atoms with Crippen molar-refractivity contribution in [2.24, 2.45) is 10.2 Å². The molecule has 0 unspecified atom stereocenters. The number of nitrogens with one attached hydrogen (secondary N) is 1. The second-order valence-corrected chi connectivity index (χ2v) is 7.07. The molecule has 0 aromatic heterocycles. The van der Waals surface area contributed by atoms with Gasteiger partial charge in [-0.15, -0.1) is 5.10 Å². The zero-order valence-corrected chi connectivity index (χ0v) is 18.7. The molecule has 0 radical (unpaired) electrons. The number of rotatable bonds is 7. The predicted octanol–water partition coefficient (Wildman–Crippen LogP) is 3.71. The van der Waals surface area contributed by atoms with Crippen molar-refractivity contribution in [2.45, 2.75) is 0 Å². The molecule has 0 spiro atoms. The number of ether oxygens (including phenoxy) is 4. The Morgan fingerprint density at radius 1 is 0.912 bits per heavy atom. The Morgan fingerprint density at radius 2 is 1.59 bits per heavy atom. The number of esters is 1. The number of nitrogens with zero attached hydrogens (tertiary/aromatic N) is 2. The summed E-state index contributed by atoms with van der Waals surface area (Å²) in [5.74, 6) is 0.533. The van der Waals surface area contributed by atoms with E-state index in [-0.39, 0.29) is 17.2 Å². The van der Waals surface area contributed by atoms with Crippen LogP contribution in [0.15, 0.2) is 70.9 Å². The molecular weight excluding hydrogens is 438 g/mol. The highest BCUT2D eigenvalue weighted by Gasteiger charge is 2.25. The van der Waals surface area contributed by atoms with E-state index in [1.807, 2.05) is 12.1 Å². The van der Waals surface area contributed by atoms with Gasteiger partial charge in [-0.2, -0.15) is 5.10 Å². The standard InChI is InChI=1S/C25H21N3O6/c1-31-20-12-16(13-21(32-2)23(20)33-3)25(30)34-17-10-8-15(9-11-17)14-26-28-22-18-6-4-5-7-19(18)27-24(22)29/h4-14H,1-3H3,(H,27,28,29). The first-order valence-electron chi connectivity index (χ1n) is 10.2. The van der Waals surface area contributed by atoms with Gasteiger partial charge in [0.05, 0.1) is 38.8 Å². The minimum atomic E-state index is -0.585. The summed E-state index contributed by atoms with van der Waals surface area (Å²) in [6.07, 6.45) is 1.51. The summed E-state index contributed by atoms with van der Waals surface area (Å²) < 4.78 is 21.3. The Morgan fingerprint density at radius 3 is 2.24 bits per heavy atom. The van der Waals surface area contributed by atoms with Crippen LogP contribution in [0.25, 0.3) is 0 Å². The van der Waals surface area contributed by atoms with E-state index in [1.54, 1.807) is 36.4 Å². The fourth-order valence-electron chi connectivity index (χ4n) is 3.34. The van der Waals surface area contributed by atoms with Crippen LogP contribution in [0, 0.1) is 0 Å². The summed E-state index contributed by atoms with van der Waals surface area (Å²) in [6, 6.07) is 17.0. The van der Waals surface area contributed by atoms with Gasteiger partial charge >= 0.3 is 5.97 Å². The summed E-state index contributed by atoms with van der Waals surface area (Å²) >= 11 is 0. The third-order valence-corrected chi connectivity index (χ3v) is 5.00. The van der Waals surface area contributed by atoms with Crippen molar-refractivity contribution in [1.29, 1.82) is 0 Å². The highest BCUT2D eigenvalue weighted by atomic mass is 16.5. The van der Waals surface area contributed by atoms with Crippen LogP contribution in [0.1, 0.15) is 21.5 Å². The summed E-state index contributed by atoms with van der Waals surface area (Å²) in [4.78, 5) is 24.7. The van der Waals surface area contributed by atoms with Crippen molar-refractivity contribution >= 4 is 29.5 Å². The first kappa shape index (κ1) is 22.5. The first-order valence-corrected chi connectivity index (χ1v) is 10.2. The van der Waals surface area contributed by atoms with E-state index in [0.717, 1.165) is 0 Å². The molecule has 4 rings (SSSR count). The van der Waals surface area contributed by atoms with Gasteiger partial charge in [0.25, 0.3) is 5.91 Å². The molecule has 0 bridgehead atoms. The maximum Gasteiger partial charge on any atom is 0.343 e. The average molecular weight is 459 g/mol. The van der Waals surface area contributed by atoms with E-state index in [4.69, 9.17) is 18.9 Å². The molecule has 9 nitrogen and oxygen atoms in total. The third kappa shape index (κ3) is 4.58. The number of hydrogen-bond donors (Lipinski definition) is 1. The molecular formula is C25H21N3O6. The number of amides is 1. The van der Waals surface area contributed by atoms with Crippen LogP contribution in [-0.2, 0) is 4.79 Å². The Balaban J connectivity index is 1.45. The van der Waals surface area contributed by atoms with E-state index in [9.17, 15) is 9.59 Å². The smallest absolute Gasteiger partial charge is 0.343 e. The molecule has 1 N–H and O–H groups in total. The number of benzene rings is 3. The van der Waals surface area contributed by atoms with Gasteiger partial charge in [-0.3, -0.25) is 4.79 Å². The van der Waals surface area contributed by atoms with Crippen molar-refractivity contribution in [2.75, 3.05) is 26.6 Å². The minimum absolute atomic E-state index is 0.242. The largest absolute Gasteiger partial charge is 0.493 e. The molecule has 3 aromatic carbocycles. The van der Waals surface area contributed by atoms with Gasteiger partial charge in [0, 0.05) is 5.56 Å². The SMILES string of the molecule is COc1cc(C(=O)Oc2ccc(C=NN=C3C(=O)Nc4ccccc43)cc2)cc(OC)c1OC. The number of methoxy groups -OCH3 is 3. The number of carbonyl (C=O) groups excluding carboxylic acids is 2. The average Bonchev–Trinajstić information content (AvgIpc) is 3.18. The molecule has 0 fully saturated rings. The number of fused-ring (bicyclic) bond motifs is 1. The lowest BCUT2D eigenvalue weighted by Gasteiger charge is -2.13. The van der Waals surface area contributed by atoms with E-state index >= 15 is 0 Å². The van der Waals surface area contributed by atoms with Gasteiger partial charge in [0.2, 0.25) is 5.75 Å². The van der Waals surface area contributed by atoms with Gasteiger partial charge in [-0.25, -0.2) is 4.79 Å². The quantitative estimate of drug-likeness (QED) is 0.250. The molecule has 3 aromatic rings. The predicted molar refractivity (Wildman–Crippen MR) is 127 cm³/mol. The van der Waals surface area contributed by atoms with Crippen LogP contribution in [-0.4, -0.2) is 45.1 Å². The summed E-state index contributed by atoms with van der Waals surface area (Å²) in [7, 11) is 4.42. The molecule has 1 amide bonds. The van der Waals surface area contributed by atoms with E-state index in [2.05, 4.69) is 15.5 Å². The second kappa shape index (κ2) is 9.86. The van der Waals surface area contributed by atoms with E-state index in [0.29, 0.717) is 39.8 Å². The van der Waals surface area contributed by atoms with E-state index < -0.39 is 5.97 Å². The molecule has 1 aliphatic heterocycles. The molecule has 0 saturated carbocycles. The van der Waals surface area contributed by atoms with Crippen molar-refractivity contribution < 1.29 is 28.5 Å². The number of hydrogen-bond acceptors (Lipinski definition) is 8. The molecule has 0 atom stereocenters. The summed E-state index contributed by atoms with van der Waals surface area (Å²) in [6.45, 7) is 0. The van der Waals surface area contributed by atoms with E-state index in [1.165, 1.54) is 39.7 Å². The van der Waals surface area contributed by atoms with Gasteiger partial charge in [0.1, 0.15) is 5.75 Å². The summed E-state index contributed by atoms with van der Waals surface area (Å²) in [5, 5.41) is 10.8. The van der Waals surface area contributed by atoms with Gasteiger partial charge in [0.15, 0.2) is 17.2 Å². The fourth-order valence-corrected chi connectivity index (χ4v) is 3.34. The highest BCUT2D eigenvalue weighted by molar-refractivity contribution is 6.53. The monoisotopic (exact) mass is 459 g/mol. The van der Waals surface area contributed by atoms with Crippen molar-refractivity contribution in [3.8, 4) is 23.0 Å². The Bertz CT molecular complexity index is 1270. The third-order valence-electron chi connectivity index (χ3n) is 5.00. The highest BCUT2D eigenvalue weighted by Crippen LogP contribution is 2.38. The molecule has 1 aliphatic rings. The second-order valence-electron chi connectivity index (χ2n) is 7.07. The Kier molecular flexibility index (Phi) is 6.54. The zero-order valence-electron chi connectivity index (χ0n) is 18.7. The van der Waals surface area contributed by atoms with Crippen molar-refractivity contribution in [1.82, 2.24) is 0 Å². The number of anilines is 1. The van der Waals surface area contributed by atoms with Crippen LogP contribution >= 0.6 is 0 Å². The summed E-state index contributed by atoms with van der Waals surface area (Å²) in [5.41, 5.74) is 2.62.